The van der Waals surface area contributed by atoms with Gasteiger partial charge in [-0.2, -0.15) is 10.4 Å². The average Bonchev–Trinajstić information content (AvgIpc) is 3.00. The van der Waals surface area contributed by atoms with Crippen molar-refractivity contribution in [3.63, 3.8) is 0 Å². The smallest absolute Gasteiger partial charge is 0.179 e. The average molecular weight is 356 g/mol. The Kier molecular flexibility index (Phi) is 6.06. The molecule has 0 unspecified atom stereocenters. The third kappa shape index (κ3) is 4.67. The summed E-state index contributed by atoms with van der Waals surface area (Å²) in [5, 5.41) is 14.6. The number of carbonyl (C=O) groups excluding carboxylic acids is 1. The van der Waals surface area contributed by atoms with Gasteiger partial charge in [-0.05, 0) is 24.3 Å². The highest BCUT2D eigenvalue weighted by Gasteiger charge is 2.15. The van der Waals surface area contributed by atoms with E-state index in [0.717, 1.165) is 12.4 Å². The van der Waals surface area contributed by atoms with Gasteiger partial charge in [-0.25, -0.2) is 8.78 Å². The lowest BCUT2D eigenvalue weighted by Gasteiger charge is -1.97. The number of nitrogens with two attached hydrogens (primary N) is 1. The number of pyridine rings is 2. The summed E-state index contributed by atoms with van der Waals surface area (Å²) in [4.78, 5) is 18.6. The van der Waals surface area contributed by atoms with Crippen LogP contribution in [0.3, 0.4) is 0 Å². The minimum absolute atomic E-state index is 0.210. The first-order valence-electron chi connectivity index (χ1n) is 7.36. The van der Waals surface area contributed by atoms with Crippen LogP contribution in [0.25, 0.3) is 11.4 Å². The minimum atomic E-state index is -0.440. The molecule has 132 valence electrons. The number of nitrogen functional groups attached to an aromatic ring is 1. The number of aromatic amines is 1. The van der Waals surface area contributed by atoms with Gasteiger partial charge in [0.15, 0.2) is 5.78 Å². The number of hydrogen-bond acceptors (Lipinski definition) is 6. The quantitative estimate of drug-likeness (QED) is 0.696. The minimum Gasteiger partial charge on any atom is -0.395 e. The SMILES string of the molecule is CC(=O)c1[nH]nc(-c2ccc(F)cn2)c1N.N#CCc1ccc(F)cn1. The largest absolute Gasteiger partial charge is 0.395 e. The third-order valence-electron chi connectivity index (χ3n) is 3.17. The molecule has 0 aromatic carbocycles. The van der Waals surface area contributed by atoms with Crippen molar-refractivity contribution < 1.29 is 13.6 Å². The summed E-state index contributed by atoms with van der Waals surface area (Å²) < 4.78 is 24.8. The number of halogens is 2. The maximum Gasteiger partial charge on any atom is 0.179 e. The van der Waals surface area contributed by atoms with E-state index in [1.54, 1.807) is 0 Å². The van der Waals surface area contributed by atoms with E-state index in [2.05, 4.69) is 20.2 Å². The molecule has 0 fully saturated rings. The molecular formula is C17H14F2N6O. The van der Waals surface area contributed by atoms with Crippen molar-refractivity contribution in [3.05, 3.63) is 59.7 Å². The fourth-order valence-corrected chi connectivity index (χ4v) is 1.92. The monoisotopic (exact) mass is 356 g/mol. The molecule has 3 aromatic rings. The van der Waals surface area contributed by atoms with Crippen LogP contribution in [0.1, 0.15) is 23.1 Å². The Labute approximate surface area is 147 Å². The van der Waals surface area contributed by atoms with Gasteiger partial charge >= 0.3 is 0 Å². The lowest BCUT2D eigenvalue weighted by Crippen LogP contribution is -1.98. The summed E-state index contributed by atoms with van der Waals surface area (Å²) in [5.41, 5.74) is 7.56. The van der Waals surface area contributed by atoms with Crippen LogP contribution < -0.4 is 5.73 Å². The zero-order chi connectivity index (χ0) is 19.1. The normalized spacial score (nSPS) is 9.77. The van der Waals surface area contributed by atoms with Crippen LogP contribution in [0.4, 0.5) is 14.5 Å². The molecule has 0 amide bonds. The fraction of sp³-hybridized carbons (Fsp3) is 0.118. The molecular weight excluding hydrogens is 342 g/mol. The fourth-order valence-electron chi connectivity index (χ4n) is 1.92. The topological polar surface area (TPSA) is 121 Å². The van der Waals surface area contributed by atoms with Crippen molar-refractivity contribution >= 4 is 11.5 Å². The van der Waals surface area contributed by atoms with E-state index in [4.69, 9.17) is 11.0 Å². The van der Waals surface area contributed by atoms with Gasteiger partial charge < -0.3 is 5.73 Å². The number of aromatic nitrogens is 4. The number of Topliss-reactive ketones (excluding diaryl/α,β-unsaturated/α-hetero) is 1. The van der Waals surface area contributed by atoms with Crippen LogP contribution in [0.15, 0.2) is 36.7 Å². The highest BCUT2D eigenvalue weighted by molar-refractivity contribution is 5.99. The molecule has 0 aliphatic rings. The molecule has 3 N–H and O–H groups in total. The van der Waals surface area contributed by atoms with E-state index in [-0.39, 0.29) is 29.4 Å². The van der Waals surface area contributed by atoms with Crippen LogP contribution >= 0.6 is 0 Å². The summed E-state index contributed by atoms with van der Waals surface area (Å²) in [6.45, 7) is 1.38. The predicted molar refractivity (Wildman–Crippen MR) is 89.7 cm³/mol. The molecule has 9 heteroatoms. The lowest BCUT2D eigenvalue weighted by atomic mass is 10.2. The van der Waals surface area contributed by atoms with Gasteiger partial charge in [-0.15, -0.1) is 0 Å². The molecule has 3 heterocycles. The number of ketones is 1. The van der Waals surface area contributed by atoms with Gasteiger partial charge in [0.1, 0.15) is 23.0 Å². The van der Waals surface area contributed by atoms with Gasteiger partial charge in [0.2, 0.25) is 0 Å². The predicted octanol–water partition coefficient (Wildman–Crippen LogP) is 2.68. The Hall–Kier alpha value is -3.67. The van der Waals surface area contributed by atoms with Gasteiger partial charge in [0.05, 0.1) is 42.0 Å². The van der Waals surface area contributed by atoms with Crippen molar-refractivity contribution in [1.82, 2.24) is 20.2 Å². The molecule has 0 aliphatic heterocycles. The number of rotatable bonds is 3. The molecule has 3 aromatic heterocycles. The van der Waals surface area contributed by atoms with Crippen molar-refractivity contribution in [3.8, 4) is 17.5 Å². The number of carbonyl (C=O) groups is 1. The number of anilines is 1. The number of H-pyrrole nitrogens is 1. The van der Waals surface area contributed by atoms with Gasteiger partial charge in [-0.1, -0.05) is 0 Å². The molecule has 26 heavy (non-hydrogen) atoms. The lowest BCUT2D eigenvalue weighted by molar-refractivity contribution is 0.101. The molecule has 7 nitrogen and oxygen atoms in total. The number of nitriles is 1. The van der Waals surface area contributed by atoms with Crippen molar-refractivity contribution in [2.75, 3.05) is 5.73 Å². The summed E-state index contributed by atoms with van der Waals surface area (Å²) in [6, 6.07) is 7.41. The second-order valence-electron chi connectivity index (χ2n) is 5.08. The van der Waals surface area contributed by atoms with E-state index in [9.17, 15) is 13.6 Å². The van der Waals surface area contributed by atoms with Crippen molar-refractivity contribution in [2.24, 2.45) is 0 Å². The molecule has 0 saturated carbocycles. The summed E-state index contributed by atoms with van der Waals surface area (Å²) >= 11 is 0. The van der Waals surface area contributed by atoms with Crippen LogP contribution in [0, 0.1) is 23.0 Å². The molecule has 0 aliphatic carbocycles. The molecule has 0 radical (unpaired) electrons. The van der Waals surface area contributed by atoms with Crippen LogP contribution in [-0.4, -0.2) is 25.9 Å². The third-order valence-corrected chi connectivity index (χ3v) is 3.17. The highest BCUT2D eigenvalue weighted by atomic mass is 19.1. The molecule has 0 atom stereocenters. The zero-order valence-electron chi connectivity index (χ0n) is 13.7. The second kappa shape index (κ2) is 8.43. The number of hydrogen-bond donors (Lipinski definition) is 2. The van der Waals surface area contributed by atoms with Crippen molar-refractivity contribution in [1.29, 1.82) is 5.26 Å². The molecule has 0 saturated heterocycles. The second-order valence-corrected chi connectivity index (χ2v) is 5.08. The standard InChI is InChI=1S/C10H9FN4O.C7H5FN2/c1-5(16)9-8(12)10(15-14-9)7-3-2-6(11)4-13-7;8-6-1-2-7(3-4-9)10-5-6/h2-4H,12H2,1H3,(H,14,15);1-2,5H,3H2. The van der Waals surface area contributed by atoms with E-state index in [1.165, 1.54) is 31.2 Å². The summed E-state index contributed by atoms with van der Waals surface area (Å²) in [6.07, 6.45) is 2.41. The Bertz CT molecular complexity index is 929. The van der Waals surface area contributed by atoms with E-state index in [1.807, 2.05) is 6.07 Å². The van der Waals surface area contributed by atoms with Crippen molar-refractivity contribution in [2.45, 2.75) is 13.3 Å². The molecule has 0 spiro atoms. The Balaban J connectivity index is 0.000000209. The Morgan fingerprint density at radius 3 is 2.31 bits per heavy atom. The first kappa shape index (κ1) is 18.7. The molecule has 3 rings (SSSR count). The van der Waals surface area contributed by atoms with E-state index >= 15 is 0 Å². The molecule has 0 bridgehead atoms. The van der Waals surface area contributed by atoms with Crippen LogP contribution in [0.2, 0.25) is 0 Å². The summed E-state index contributed by atoms with van der Waals surface area (Å²) in [7, 11) is 0. The first-order chi connectivity index (χ1) is 12.4. The van der Waals surface area contributed by atoms with E-state index in [0.29, 0.717) is 17.1 Å². The zero-order valence-corrected chi connectivity index (χ0v) is 13.7. The maximum absolute atomic E-state index is 12.7. The maximum atomic E-state index is 12.7. The number of nitrogens with zero attached hydrogens (tertiary/aromatic N) is 4. The Morgan fingerprint density at radius 2 is 1.85 bits per heavy atom. The number of nitrogens with one attached hydrogen (secondary N) is 1. The van der Waals surface area contributed by atoms with Crippen LogP contribution in [0.5, 0.6) is 0 Å². The van der Waals surface area contributed by atoms with E-state index < -0.39 is 5.82 Å². The Morgan fingerprint density at radius 1 is 1.19 bits per heavy atom. The highest BCUT2D eigenvalue weighted by Crippen LogP contribution is 2.24. The first-order valence-corrected chi connectivity index (χ1v) is 7.36. The van der Waals surface area contributed by atoms with Gasteiger partial charge in [0.25, 0.3) is 0 Å². The van der Waals surface area contributed by atoms with Gasteiger partial charge in [-0.3, -0.25) is 19.9 Å². The van der Waals surface area contributed by atoms with Gasteiger partial charge in [0, 0.05) is 6.92 Å². The van der Waals surface area contributed by atoms with Crippen LogP contribution in [-0.2, 0) is 6.42 Å². The summed E-state index contributed by atoms with van der Waals surface area (Å²) in [5.74, 6) is -1.02.